The molecule has 0 fully saturated rings. The average Bonchev–Trinajstić information content (AvgIpc) is 2.73. The highest BCUT2D eigenvalue weighted by atomic mass is 32.2. The van der Waals surface area contributed by atoms with Gasteiger partial charge >= 0.3 is 12.1 Å². The van der Waals surface area contributed by atoms with E-state index in [1.807, 2.05) is 4.72 Å². The molecule has 0 aliphatic heterocycles. The van der Waals surface area contributed by atoms with E-state index in [0.29, 0.717) is 0 Å². The van der Waals surface area contributed by atoms with E-state index in [9.17, 15) is 26.4 Å². The summed E-state index contributed by atoms with van der Waals surface area (Å²) in [5, 5.41) is 8.60. The van der Waals surface area contributed by atoms with Crippen molar-refractivity contribution in [1.29, 1.82) is 0 Å². The first-order valence-corrected chi connectivity index (χ1v) is 6.58. The molecule has 1 aromatic heterocycles. The number of sulfonamides is 1. The van der Waals surface area contributed by atoms with Gasteiger partial charge in [0, 0.05) is 19.2 Å². The van der Waals surface area contributed by atoms with Gasteiger partial charge in [-0.3, -0.25) is 0 Å². The molecule has 0 bridgehead atoms. The van der Waals surface area contributed by atoms with Gasteiger partial charge in [0.1, 0.15) is 10.6 Å². The number of aromatic amines is 1. The van der Waals surface area contributed by atoms with E-state index in [1.165, 1.54) is 0 Å². The molecule has 1 heterocycles. The molecule has 0 aromatic carbocycles. The van der Waals surface area contributed by atoms with Crippen molar-refractivity contribution in [1.82, 2.24) is 9.71 Å². The van der Waals surface area contributed by atoms with Crippen molar-refractivity contribution in [2.45, 2.75) is 23.9 Å². The molecule has 19 heavy (non-hydrogen) atoms. The lowest BCUT2D eigenvalue weighted by Gasteiger charge is -2.07. The van der Waals surface area contributed by atoms with E-state index >= 15 is 0 Å². The SMILES string of the molecule is O=C(O)c1cc(S(=O)(=O)NCCCC(F)(F)F)c[nH]1. The fourth-order valence-corrected chi connectivity index (χ4v) is 2.30. The number of hydrogen-bond donors (Lipinski definition) is 3. The first-order chi connectivity index (χ1) is 8.62. The molecule has 0 aliphatic rings. The van der Waals surface area contributed by atoms with Crippen molar-refractivity contribution in [2.24, 2.45) is 0 Å². The van der Waals surface area contributed by atoms with Crippen LogP contribution in [0.15, 0.2) is 17.2 Å². The van der Waals surface area contributed by atoms with Crippen LogP contribution in [0.25, 0.3) is 0 Å². The maximum absolute atomic E-state index is 11.8. The van der Waals surface area contributed by atoms with Crippen molar-refractivity contribution in [3.63, 3.8) is 0 Å². The molecule has 6 nitrogen and oxygen atoms in total. The van der Waals surface area contributed by atoms with Crippen LogP contribution in [0.5, 0.6) is 0 Å². The largest absolute Gasteiger partial charge is 0.477 e. The van der Waals surface area contributed by atoms with Crippen LogP contribution in [0.1, 0.15) is 23.3 Å². The highest BCUT2D eigenvalue weighted by Crippen LogP contribution is 2.21. The molecule has 0 atom stereocenters. The molecule has 0 spiro atoms. The number of carboxylic acids is 1. The van der Waals surface area contributed by atoms with Crippen LogP contribution >= 0.6 is 0 Å². The van der Waals surface area contributed by atoms with Crippen LogP contribution in [0, 0.1) is 0 Å². The van der Waals surface area contributed by atoms with E-state index in [0.717, 1.165) is 12.3 Å². The molecule has 3 N–H and O–H groups in total. The van der Waals surface area contributed by atoms with Gasteiger partial charge in [0.2, 0.25) is 10.0 Å². The van der Waals surface area contributed by atoms with E-state index < -0.39 is 28.6 Å². The minimum atomic E-state index is -4.34. The second-order valence-corrected chi connectivity index (χ2v) is 5.44. The van der Waals surface area contributed by atoms with Gasteiger partial charge in [-0.1, -0.05) is 0 Å². The zero-order valence-electron chi connectivity index (χ0n) is 9.49. The van der Waals surface area contributed by atoms with Crippen LogP contribution < -0.4 is 4.72 Å². The van der Waals surface area contributed by atoms with Crippen LogP contribution in [-0.4, -0.2) is 37.2 Å². The van der Waals surface area contributed by atoms with Gasteiger partial charge in [-0.15, -0.1) is 0 Å². The molecule has 0 saturated carbocycles. The zero-order chi connectivity index (χ0) is 14.7. The van der Waals surface area contributed by atoms with Crippen molar-refractivity contribution in [3.8, 4) is 0 Å². The summed E-state index contributed by atoms with van der Waals surface area (Å²) in [5.41, 5.74) is -0.323. The molecule has 1 aromatic rings. The number of rotatable bonds is 6. The normalized spacial score (nSPS) is 12.6. The summed E-state index contributed by atoms with van der Waals surface area (Å²) in [6, 6.07) is 0.883. The third-order valence-corrected chi connectivity index (χ3v) is 3.57. The number of carbonyl (C=O) groups is 1. The standard InChI is InChI=1S/C9H11F3N2O4S/c10-9(11,12)2-1-3-14-19(17,18)6-4-7(8(15)16)13-5-6/h4-5,13-14H,1-3H2,(H,15,16). The maximum atomic E-state index is 11.8. The molecular weight excluding hydrogens is 289 g/mol. The monoisotopic (exact) mass is 300 g/mol. The maximum Gasteiger partial charge on any atom is 0.389 e. The second-order valence-electron chi connectivity index (χ2n) is 3.67. The van der Waals surface area contributed by atoms with Gasteiger partial charge in [-0.25, -0.2) is 17.9 Å². The lowest BCUT2D eigenvalue weighted by molar-refractivity contribution is -0.135. The lowest BCUT2D eigenvalue weighted by Crippen LogP contribution is -2.25. The Morgan fingerprint density at radius 2 is 2.05 bits per heavy atom. The Morgan fingerprint density at radius 3 is 2.53 bits per heavy atom. The third-order valence-electron chi connectivity index (χ3n) is 2.13. The third kappa shape index (κ3) is 4.91. The summed E-state index contributed by atoms with van der Waals surface area (Å²) in [6.07, 6.45) is -4.87. The van der Waals surface area contributed by atoms with E-state index in [1.54, 1.807) is 0 Å². The summed E-state index contributed by atoms with van der Waals surface area (Å²) in [7, 11) is -4.00. The van der Waals surface area contributed by atoms with Crippen LogP contribution in [0.3, 0.4) is 0 Å². The van der Waals surface area contributed by atoms with Gasteiger partial charge in [0.15, 0.2) is 0 Å². The first kappa shape index (κ1) is 15.5. The molecule has 0 unspecified atom stereocenters. The van der Waals surface area contributed by atoms with Crippen molar-refractivity contribution >= 4 is 16.0 Å². The average molecular weight is 300 g/mol. The summed E-state index contributed by atoms with van der Waals surface area (Å²) >= 11 is 0. The number of hydrogen-bond acceptors (Lipinski definition) is 3. The quantitative estimate of drug-likeness (QED) is 0.690. The minimum absolute atomic E-state index is 0.323. The van der Waals surface area contributed by atoms with Crippen molar-refractivity contribution in [3.05, 3.63) is 18.0 Å². The number of aromatic carboxylic acids is 1. The number of H-pyrrole nitrogens is 1. The van der Waals surface area contributed by atoms with Crippen LogP contribution in [0.4, 0.5) is 13.2 Å². The summed E-state index contributed by atoms with van der Waals surface area (Å²) in [5.74, 6) is -1.33. The van der Waals surface area contributed by atoms with Crippen molar-refractivity contribution < 1.29 is 31.5 Å². The second kappa shape index (κ2) is 5.61. The topological polar surface area (TPSA) is 99.3 Å². The number of carboxylic acid groups (broad SMARTS) is 1. The van der Waals surface area contributed by atoms with Crippen molar-refractivity contribution in [2.75, 3.05) is 6.54 Å². The molecule has 0 amide bonds. The lowest BCUT2D eigenvalue weighted by atomic mass is 10.3. The van der Waals surface area contributed by atoms with E-state index in [-0.39, 0.29) is 23.6 Å². The highest BCUT2D eigenvalue weighted by molar-refractivity contribution is 7.89. The van der Waals surface area contributed by atoms with Gasteiger partial charge in [-0.2, -0.15) is 13.2 Å². The predicted molar refractivity (Wildman–Crippen MR) is 58.2 cm³/mol. The van der Waals surface area contributed by atoms with Crippen LogP contribution in [0.2, 0.25) is 0 Å². The van der Waals surface area contributed by atoms with Crippen LogP contribution in [-0.2, 0) is 10.0 Å². The number of aromatic nitrogens is 1. The number of halogens is 3. The smallest absolute Gasteiger partial charge is 0.389 e. The molecule has 0 aliphatic carbocycles. The van der Waals surface area contributed by atoms with E-state index in [2.05, 4.69) is 4.98 Å². The molecule has 10 heteroatoms. The molecule has 108 valence electrons. The predicted octanol–water partition coefficient (Wildman–Crippen LogP) is 1.33. The zero-order valence-corrected chi connectivity index (χ0v) is 10.3. The highest BCUT2D eigenvalue weighted by Gasteiger charge is 2.26. The Balaban J connectivity index is 2.58. The Kier molecular flexibility index (Phi) is 4.58. The number of alkyl halides is 3. The fraction of sp³-hybridized carbons (Fsp3) is 0.444. The van der Waals surface area contributed by atoms with Gasteiger partial charge in [0.05, 0.1) is 0 Å². The molecule has 1 rings (SSSR count). The Hall–Kier alpha value is -1.55. The Bertz CT molecular complexity index is 550. The minimum Gasteiger partial charge on any atom is -0.477 e. The van der Waals surface area contributed by atoms with Gasteiger partial charge < -0.3 is 10.1 Å². The molecular formula is C9H11F3N2O4S. The summed E-state index contributed by atoms with van der Waals surface area (Å²) in [6.45, 7) is -0.380. The molecule has 0 saturated heterocycles. The van der Waals surface area contributed by atoms with Gasteiger partial charge in [0.25, 0.3) is 0 Å². The number of nitrogens with one attached hydrogen (secondary N) is 2. The summed E-state index contributed by atoms with van der Waals surface area (Å²) in [4.78, 5) is 12.4. The Morgan fingerprint density at radius 1 is 1.42 bits per heavy atom. The van der Waals surface area contributed by atoms with Gasteiger partial charge in [-0.05, 0) is 12.5 Å². The molecule has 0 radical (unpaired) electrons. The van der Waals surface area contributed by atoms with E-state index in [4.69, 9.17) is 5.11 Å². The Labute approximate surface area is 106 Å². The summed E-state index contributed by atoms with van der Waals surface area (Å²) < 4.78 is 60.7. The first-order valence-electron chi connectivity index (χ1n) is 5.10. The fourth-order valence-electron chi connectivity index (χ4n) is 1.23.